The molecule has 0 aromatic heterocycles. The Bertz CT molecular complexity index is 491. The van der Waals surface area contributed by atoms with Crippen LogP contribution in [0.4, 0.5) is 0 Å². The van der Waals surface area contributed by atoms with Crippen molar-refractivity contribution >= 4 is 29.9 Å². The number of benzene rings is 1. The summed E-state index contributed by atoms with van der Waals surface area (Å²) in [4.78, 5) is 6.80. The Morgan fingerprint density at radius 1 is 1.35 bits per heavy atom. The van der Waals surface area contributed by atoms with E-state index in [0.29, 0.717) is 0 Å². The number of hydrogen-bond donors (Lipinski definition) is 2. The van der Waals surface area contributed by atoms with Crippen molar-refractivity contribution in [3.8, 4) is 5.75 Å². The minimum atomic E-state index is 0. The number of nitrogens with one attached hydrogen (secondary N) is 2. The molecule has 0 amide bonds. The Kier molecular flexibility index (Phi) is 9.31. The zero-order valence-corrected chi connectivity index (χ0v) is 16.7. The number of methoxy groups -OCH3 is 1. The molecule has 1 saturated carbocycles. The Morgan fingerprint density at radius 2 is 2.13 bits per heavy atom. The van der Waals surface area contributed by atoms with Crippen LogP contribution in [0.5, 0.6) is 5.75 Å². The number of nitrogens with zero attached hydrogens (tertiary/aromatic N) is 2. The second kappa shape index (κ2) is 10.7. The van der Waals surface area contributed by atoms with Crippen molar-refractivity contribution in [1.29, 1.82) is 0 Å². The molecule has 0 aliphatic heterocycles. The van der Waals surface area contributed by atoms with Crippen LogP contribution < -0.4 is 15.4 Å². The number of likely N-dealkylation sites (N-methyl/N-ethyl adjacent to an activating group) is 1. The maximum atomic E-state index is 5.24. The minimum Gasteiger partial charge on any atom is -0.497 e. The lowest BCUT2D eigenvalue weighted by molar-refractivity contribution is 0.282. The fraction of sp³-hybridized carbons (Fsp3) is 0.588. The Labute approximate surface area is 156 Å². The summed E-state index contributed by atoms with van der Waals surface area (Å²) in [5.41, 5.74) is 1.18. The highest BCUT2D eigenvalue weighted by molar-refractivity contribution is 14.0. The lowest BCUT2D eigenvalue weighted by Gasteiger charge is -2.20. The van der Waals surface area contributed by atoms with Gasteiger partial charge in [0.05, 0.1) is 7.11 Å². The molecule has 2 N–H and O–H groups in total. The standard InChI is InChI=1S/C17H28N4O.HI/c1-4-21(15-8-9-15)11-10-19-17(18-2)20-13-14-6-5-7-16(12-14)22-3;/h5-7,12,15H,4,8-11,13H2,1-3H3,(H2,18,19,20);1H. The molecule has 2 rings (SSSR count). The van der Waals surface area contributed by atoms with Crippen molar-refractivity contribution in [3.05, 3.63) is 29.8 Å². The molecule has 130 valence electrons. The van der Waals surface area contributed by atoms with Crippen LogP contribution in [0.1, 0.15) is 25.3 Å². The van der Waals surface area contributed by atoms with Gasteiger partial charge in [-0.05, 0) is 37.1 Å². The topological polar surface area (TPSA) is 48.9 Å². The van der Waals surface area contributed by atoms with Gasteiger partial charge in [0.2, 0.25) is 0 Å². The number of halogens is 1. The third-order valence-electron chi connectivity index (χ3n) is 3.98. The third kappa shape index (κ3) is 6.95. The molecule has 0 radical (unpaired) electrons. The first-order valence-corrected chi connectivity index (χ1v) is 8.08. The molecular weight excluding hydrogens is 403 g/mol. The number of hydrogen-bond acceptors (Lipinski definition) is 3. The highest BCUT2D eigenvalue weighted by Crippen LogP contribution is 2.25. The van der Waals surface area contributed by atoms with Crippen LogP contribution in [0.3, 0.4) is 0 Å². The molecule has 0 atom stereocenters. The van der Waals surface area contributed by atoms with E-state index in [1.807, 2.05) is 18.2 Å². The van der Waals surface area contributed by atoms with E-state index < -0.39 is 0 Å². The Hall–Kier alpha value is -1.02. The first-order chi connectivity index (χ1) is 10.8. The molecule has 0 spiro atoms. The van der Waals surface area contributed by atoms with Crippen molar-refractivity contribution in [3.63, 3.8) is 0 Å². The van der Waals surface area contributed by atoms with Gasteiger partial charge in [-0.15, -0.1) is 24.0 Å². The summed E-state index contributed by atoms with van der Waals surface area (Å²) in [5, 5.41) is 6.72. The van der Waals surface area contributed by atoms with Gasteiger partial charge in [0, 0.05) is 32.7 Å². The lowest BCUT2D eigenvalue weighted by atomic mass is 10.2. The van der Waals surface area contributed by atoms with Gasteiger partial charge in [-0.2, -0.15) is 0 Å². The highest BCUT2D eigenvalue weighted by Gasteiger charge is 2.27. The molecule has 1 aromatic rings. The van der Waals surface area contributed by atoms with Gasteiger partial charge in [0.1, 0.15) is 5.75 Å². The first-order valence-electron chi connectivity index (χ1n) is 8.08. The summed E-state index contributed by atoms with van der Waals surface area (Å²) >= 11 is 0. The van der Waals surface area contributed by atoms with Crippen molar-refractivity contribution in [1.82, 2.24) is 15.5 Å². The van der Waals surface area contributed by atoms with Crippen LogP contribution in [0.15, 0.2) is 29.3 Å². The van der Waals surface area contributed by atoms with Gasteiger partial charge in [0.15, 0.2) is 5.96 Å². The summed E-state index contributed by atoms with van der Waals surface area (Å²) in [6.07, 6.45) is 2.72. The molecular formula is C17H29IN4O. The fourth-order valence-electron chi connectivity index (χ4n) is 2.55. The molecule has 1 aliphatic carbocycles. The van der Waals surface area contributed by atoms with Gasteiger partial charge in [-0.25, -0.2) is 0 Å². The SMILES string of the molecule is CCN(CCNC(=NC)NCc1cccc(OC)c1)C1CC1.I. The third-order valence-corrected chi connectivity index (χ3v) is 3.98. The Balaban J connectivity index is 0.00000264. The molecule has 0 saturated heterocycles. The molecule has 1 fully saturated rings. The summed E-state index contributed by atoms with van der Waals surface area (Å²) < 4.78 is 5.24. The zero-order valence-electron chi connectivity index (χ0n) is 14.3. The number of rotatable bonds is 8. The van der Waals surface area contributed by atoms with E-state index in [9.17, 15) is 0 Å². The van der Waals surface area contributed by atoms with Gasteiger partial charge in [0.25, 0.3) is 0 Å². The molecule has 1 aromatic carbocycles. The normalized spacial score (nSPS) is 14.3. The smallest absolute Gasteiger partial charge is 0.191 e. The maximum Gasteiger partial charge on any atom is 0.191 e. The number of guanidine groups is 1. The van der Waals surface area contributed by atoms with Crippen LogP contribution in [-0.2, 0) is 6.54 Å². The van der Waals surface area contributed by atoms with Crippen molar-refractivity contribution in [2.75, 3.05) is 33.8 Å². The molecule has 23 heavy (non-hydrogen) atoms. The largest absolute Gasteiger partial charge is 0.497 e. The van der Waals surface area contributed by atoms with Crippen molar-refractivity contribution < 1.29 is 4.74 Å². The first kappa shape index (κ1) is 20.0. The van der Waals surface area contributed by atoms with E-state index in [0.717, 1.165) is 43.9 Å². The van der Waals surface area contributed by atoms with E-state index in [-0.39, 0.29) is 24.0 Å². The van der Waals surface area contributed by atoms with E-state index in [2.05, 4.69) is 33.5 Å². The van der Waals surface area contributed by atoms with Gasteiger partial charge in [-0.3, -0.25) is 9.89 Å². The van der Waals surface area contributed by atoms with Crippen molar-refractivity contribution in [2.45, 2.75) is 32.4 Å². The van der Waals surface area contributed by atoms with Crippen LogP contribution in [0.25, 0.3) is 0 Å². The van der Waals surface area contributed by atoms with Gasteiger partial charge >= 0.3 is 0 Å². The van der Waals surface area contributed by atoms with Crippen LogP contribution in [-0.4, -0.2) is 50.7 Å². The molecule has 5 nitrogen and oxygen atoms in total. The minimum absolute atomic E-state index is 0. The van der Waals surface area contributed by atoms with E-state index in [1.165, 1.54) is 18.4 Å². The molecule has 1 aliphatic rings. The molecule has 0 unspecified atom stereocenters. The highest BCUT2D eigenvalue weighted by atomic mass is 127. The summed E-state index contributed by atoms with van der Waals surface area (Å²) in [5.74, 6) is 1.72. The quantitative estimate of drug-likeness (QED) is 0.377. The van der Waals surface area contributed by atoms with Gasteiger partial charge < -0.3 is 15.4 Å². The van der Waals surface area contributed by atoms with Gasteiger partial charge in [-0.1, -0.05) is 19.1 Å². The zero-order chi connectivity index (χ0) is 15.8. The lowest BCUT2D eigenvalue weighted by Crippen LogP contribution is -2.41. The molecule has 6 heteroatoms. The van der Waals surface area contributed by atoms with E-state index in [4.69, 9.17) is 4.74 Å². The second-order valence-electron chi connectivity index (χ2n) is 5.56. The Morgan fingerprint density at radius 3 is 2.74 bits per heavy atom. The summed E-state index contributed by atoms with van der Waals surface area (Å²) in [6, 6.07) is 8.88. The van der Waals surface area contributed by atoms with Crippen molar-refractivity contribution in [2.24, 2.45) is 4.99 Å². The van der Waals surface area contributed by atoms with E-state index >= 15 is 0 Å². The average molecular weight is 432 g/mol. The summed E-state index contributed by atoms with van der Waals surface area (Å²) in [7, 11) is 3.49. The monoisotopic (exact) mass is 432 g/mol. The maximum absolute atomic E-state index is 5.24. The summed E-state index contributed by atoms with van der Waals surface area (Å²) in [6.45, 7) is 6.08. The van der Waals surface area contributed by atoms with E-state index in [1.54, 1.807) is 14.2 Å². The van der Waals surface area contributed by atoms with Crippen LogP contribution >= 0.6 is 24.0 Å². The predicted molar refractivity (Wildman–Crippen MR) is 107 cm³/mol. The predicted octanol–water partition coefficient (Wildman–Crippen LogP) is 2.46. The van der Waals surface area contributed by atoms with Crippen LogP contribution in [0, 0.1) is 0 Å². The fourth-order valence-corrected chi connectivity index (χ4v) is 2.55. The molecule has 0 bridgehead atoms. The average Bonchev–Trinajstić information content (AvgIpc) is 3.39. The number of aliphatic imine (C=N–C) groups is 1. The second-order valence-corrected chi connectivity index (χ2v) is 5.56. The van der Waals surface area contributed by atoms with Crippen LogP contribution in [0.2, 0.25) is 0 Å². The molecule has 0 heterocycles. The number of ether oxygens (including phenoxy) is 1.